The third-order valence-corrected chi connectivity index (χ3v) is 2.82. The van der Waals surface area contributed by atoms with Crippen molar-refractivity contribution < 1.29 is 5.11 Å². The number of nitrogens with one attached hydrogen (secondary N) is 1. The molecule has 2 rings (SSSR count). The molecule has 0 saturated heterocycles. The molecular formula is C11H17N3O. The van der Waals surface area contributed by atoms with Crippen molar-refractivity contribution in [3.63, 3.8) is 0 Å². The van der Waals surface area contributed by atoms with Crippen molar-refractivity contribution in [1.29, 1.82) is 0 Å². The molecule has 1 fully saturated rings. The van der Waals surface area contributed by atoms with Gasteiger partial charge in [-0.2, -0.15) is 0 Å². The van der Waals surface area contributed by atoms with Gasteiger partial charge in [-0.25, -0.2) is 4.98 Å². The van der Waals surface area contributed by atoms with Crippen molar-refractivity contribution in [2.75, 3.05) is 11.1 Å². The van der Waals surface area contributed by atoms with E-state index in [1.54, 1.807) is 6.07 Å². The lowest BCUT2D eigenvalue weighted by Gasteiger charge is -2.26. The molecule has 1 heterocycles. The first-order chi connectivity index (χ1) is 7.24. The number of aromatic nitrogens is 1. The van der Waals surface area contributed by atoms with E-state index < -0.39 is 0 Å². The molecule has 0 amide bonds. The minimum Gasteiger partial charge on any atom is -0.393 e. The van der Waals surface area contributed by atoms with Gasteiger partial charge in [-0.15, -0.1) is 0 Å². The highest BCUT2D eigenvalue weighted by atomic mass is 16.3. The summed E-state index contributed by atoms with van der Waals surface area (Å²) < 4.78 is 0. The van der Waals surface area contributed by atoms with Crippen molar-refractivity contribution in [3.8, 4) is 0 Å². The molecule has 0 radical (unpaired) electrons. The molecule has 0 bridgehead atoms. The van der Waals surface area contributed by atoms with E-state index in [1.807, 2.05) is 12.1 Å². The average molecular weight is 207 g/mol. The van der Waals surface area contributed by atoms with E-state index in [2.05, 4.69) is 10.3 Å². The Balaban J connectivity index is 1.92. The number of nitrogens with zero attached hydrogens (tertiary/aromatic N) is 1. The number of aliphatic hydroxyl groups excluding tert-OH is 1. The van der Waals surface area contributed by atoms with Gasteiger partial charge in [0.25, 0.3) is 0 Å². The molecule has 1 aliphatic rings. The largest absolute Gasteiger partial charge is 0.393 e. The summed E-state index contributed by atoms with van der Waals surface area (Å²) in [6.45, 7) is 0. The second kappa shape index (κ2) is 4.49. The number of hydrogen-bond acceptors (Lipinski definition) is 4. The number of anilines is 2. The van der Waals surface area contributed by atoms with E-state index in [1.165, 1.54) is 0 Å². The summed E-state index contributed by atoms with van der Waals surface area (Å²) in [4.78, 5) is 4.19. The molecule has 0 aliphatic heterocycles. The average Bonchev–Trinajstić information content (AvgIpc) is 2.22. The quantitative estimate of drug-likeness (QED) is 0.685. The van der Waals surface area contributed by atoms with E-state index in [0.29, 0.717) is 11.9 Å². The van der Waals surface area contributed by atoms with Crippen LogP contribution in [0.3, 0.4) is 0 Å². The zero-order valence-corrected chi connectivity index (χ0v) is 8.69. The number of rotatable bonds is 2. The van der Waals surface area contributed by atoms with Gasteiger partial charge in [0.1, 0.15) is 11.6 Å². The monoisotopic (exact) mass is 207 g/mol. The second-order valence-corrected chi connectivity index (χ2v) is 4.10. The summed E-state index contributed by atoms with van der Waals surface area (Å²) in [6, 6.07) is 6.00. The van der Waals surface area contributed by atoms with Gasteiger partial charge in [0.15, 0.2) is 0 Å². The predicted molar refractivity (Wildman–Crippen MR) is 60.5 cm³/mol. The van der Waals surface area contributed by atoms with E-state index in [0.717, 1.165) is 31.5 Å². The molecule has 1 aromatic heterocycles. The van der Waals surface area contributed by atoms with Gasteiger partial charge >= 0.3 is 0 Å². The van der Waals surface area contributed by atoms with Gasteiger partial charge in [-0.05, 0) is 37.8 Å². The number of hydrogen-bond donors (Lipinski definition) is 3. The summed E-state index contributed by atoms with van der Waals surface area (Å²) in [6.07, 6.45) is 3.63. The number of aliphatic hydroxyl groups is 1. The van der Waals surface area contributed by atoms with Crippen LogP contribution in [-0.4, -0.2) is 22.2 Å². The number of nitrogen functional groups attached to an aromatic ring is 1. The predicted octanol–water partition coefficient (Wildman–Crippen LogP) is 1.38. The molecule has 0 aromatic carbocycles. The maximum Gasteiger partial charge on any atom is 0.128 e. The van der Waals surface area contributed by atoms with Crippen LogP contribution in [0.2, 0.25) is 0 Å². The molecular weight excluding hydrogens is 190 g/mol. The van der Waals surface area contributed by atoms with Crippen molar-refractivity contribution >= 4 is 11.6 Å². The zero-order chi connectivity index (χ0) is 10.7. The SMILES string of the molecule is Nc1cccc(N[C@H]2CC[C@H](O)CC2)n1. The summed E-state index contributed by atoms with van der Waals surface area (Å²) in [5.41, 5.74) is 5.59. The third-order valence-electron chi connectivity index (χ3n) is 2.82. The Morgan fingerprint density at radius 2 is 2.00 bits per heavy atom. The van der Waals surface area contributed by atoms with E-state index >= 15 is 0 Å². The molecule has 0 unspecified atom stereocenters. The van der Waals surface area contributed by atoms with Gasteiger partial charge < -0.3 is 16.2 Å². The van der Waals surface area contributed by atoms with Crippen LogP contribution in [0, 0.1) is 0 Å². The summed E-state index contributed by atoms with van der Waals surface area (Å²) in [7, 11) is 0. The van der Waals surface area contributed by atoms with Crippen LogP contribution in [0.15, 0.2) is 18.2 Å². The Kier molecular flexibility index (Phi) is 3.06. The Bertz CT molecular complexity index is 321. The second-order valence-electron chi connectivity index (χ2n) is 4.10. The molecule has 15 heavy (non-hydrogen) atoms. The fourth-order valence-electron chi connectivity index (χ4n) is 1.96. The fourth-order valence-corrected chi connectivity index (χ4v) is 1.96. The van der Waals surface area contributed by atoms with Crippen LogP contribution >= 0.6 is 0 Å². The van der Waals surface area contributed by atoms with Crippen LogP contribution in [0.1, 0.15) is 25.7 Å². The van der Waals surface area contributed by atoms with Crippen LogP contribution in [0.5, 0.6) is 0 Å². The lowest BCUT2D eigenvalue weighted by Crippen LogP contribution is -2.28. The van der Waals surface area contributed by atoms with E-state index in [9.17, 15) is 5.11 Å². The van der Waals surface area contributed by atoms with Crippen LogP contribution in [0.25, 0.3) is 0 Å². The summed E-state index contributed by atoms with van der Waals surface area (Å²) >= 11 is 0. The summed E-state index contributed by atoms with van der Waals surface area (Å²) in [5.74, 6) is 1.37. The number of pyridine rings is 1. The molecule has 4 nitrogen and oxygen atoms in total. The molecule has 4 heteroatoms. The van der Waals surface area contributed by atoms with Gasteiger partial charge in [-0.1, -0.05) is 6.07 Å². The third kappa shape index (κ3) is 2.83. The van der Waals surface area contributed by atoms with Crippen molar-refractivity contribution in [2.45, 2.75) is 37.8 Å². The fraction of sp³-hybridized carbons (Fsp3) is 0.545. The van der Waals surface area contributed by atoms with Gasteiger partial charge in [0.05, 0.1) is 6.10 Å². The molecule has 1 aliphatic carbocycles. The smallest absolute Gasteiger partial charge is 0.128 e. The molecule has 0 spiro atoms. The minimum atomic E-state index is -0.114. The minimum absolute atomic E-state index is 0.114. The van der Waals surface area contributed by atoms with Crippen LogP contribution in [-0.2, 0) is 0 Å². The lowest BCUT2D eigenvalue weighted by atomic mass is 9.93. The number of nitrogens with two attached hydrogens (primary N) is 1. The highest BCUT2D eigenvalue weighted by molar-refractivity contribution is 5.42. The molecule has 1 saturated carbocycles. The van der Waals surface area contributed by atoms with Crippen LogP contribution in [0.4, 0.5) is 11.6 Å². The van der Waals surface area contributed by atoms with E-state index in [4.69, 9.17) is 5.73 Å². The van der Waals surface area contributed by atoms with Gasteiger partial charge in [0.2, 0.25) is 0 Å². The van der Waals surface area contributed by atoms with Crippen molar-refractivity contribution in [3.05, 3.63) is 18.2 Å². The maximum absolute atomic E-state index is 9.37. The van der Waals surface area contributed by atoms with Crippen LogP contribution < -0.4 is 11.1 Å². The van der Waals surface area contributed by atoms with Gasteiger partial charge in [-0.3, -0.25) is 0 Å². The first-order valence-corrected chi connectivity index (χ1v) is 5.41. The maximum atomic E-state index is 9.37. The molecule has 1 aromatic rings. The van der Waals surface area contributed by atoms with E-state index in [-0.39, 0.29) is 6.10 Å². The normalized spacial score (nSPS) is 26.2. The van der Waals surface area contributed by atoms with Crippen molar-refractivity contribution in [1.82, 2.24) is 4.98 Å². The summed E-state index contributed by atoms with van der Waals surface area (Å²) in [5, 5.41) is 12.7. The zero-order valence-electron chi connectivity index (χ0n) is 8.69. The van der Waals surface area contributed by atoms with Crippen molar-refractivity contribution in [2.24, 2.45) is 0 Å². The first-order valence-electron chi connectivity index (χ1n) is 5.41. The topological polar surface area (TPSA) is 71.2 Å². The molecule has 4 N–H and O–H groups in total. The molecule has 82 valence electrons. The Morgan fingerprint density at radius 3 is 2.67 bits per heavy atom. The van der Waals surface area contributed by atoms with Gasteiger partial charge in [0, 0.05) is 6.04 Å². The standard InChI is InChI=1S/C11H17N3O/c12-10-2-1-3-11(14-10)13-8-4-6-9(15)7-5-8/h1-3,8-9,15H,4-7H2,(H3,12,13,14)/t8-,9-. The Labute approximate surface area is 89.5 Å². The first kappa shape index (κ1) is 10.2. The Hall–Kier alpha value is -1.29. The highest BCUT2D eigenvalue weighted by Crippen LogP contribution is 2.21. The highest BCUT2D eigenvalue weighted by Gasteiger charge is 2.19. The lowest BCUT2D eigenvalue weighted by molar-refractivity contribution is 0.126. The molecule has 0 atom stereocenters. The Morgan fingerprint density at radius 1 is 1.27 bits per heavy atom.